The summed E-state index contributed by atoms with van der Waals surface area (Å²) in [5, 5.41) is 4.94. The second-order valence-electron chi connectivity index (χ2n) is 5.08. The molecule has 1 atom stereocenters. The zero-order chi connectivity index (χ0) is 14.5. The molecule has 0 heterocycles. The van der Waals surface area contributed by atoms with Crippen LogP contribution in [0.25, 0.3) is 0 Å². The van der Waals surface area contributed by atoms with Crippen molar-refractivity contribution in [3.05, 3.63) is 69.2 Å². The smallest absolute Gasteiger partial charge is 0.0453 e. The molecule has 0 aromatic heterocycles. The second kappa shape index (κ2) is 7.12. The summed E-state index contributed by atoms with van der Waals surface area (Å²) in [7, 11) is 0. The predicted octanol–water partition coefficient (Wildman–Crippen LogP) is 5.20. The van der Waals surface area contributed by atoms with Gasteiger partial charge in [0.05, 0.1) is 0 Å². The number of rotatable bonds is 5. The standard InChI is InChI=1S/C17H19Cl2N/c1-12-4-3-5-15(10-12)13(2)20-9-8-14-6-7-16(18)11-17(14)19/h3-7,10-11,13,20H,8-9H2,1-2H3. The molecule has 1 N–H and O–H groups in total. The van der Waals surface area contributed by atoms with Crippen molar-refractivity contribution >= 4 is 23.2 Å². The van der Waals surface area contributed by atoms with E-state index in [4.69, 9.17) is 23.2 Å². The van der Waals surface area contributed by atoms with Gasteiger partial charge < -0.3 is 5.32 Å². The number of aryl methyl sites for hydroxylation is 1. The van der Waals surface area contributed by atoms with Gasteiger partial charge in [0.15, 0.2) is 0 Å². The Morgan fingerprint density at radius 3 is 2.60 bits per heavy atom. The minimum Gasteiger partial charge on any atom is -0.310 e. The first-order chi connectivity index (χ1) is 9.56. The summed E-state index contributed by atoms with van der Waals surface area (Å²) in [6, 6.07) is 14.6. The lowest BCUT2D eigenvalue weighted by atomic mass is 10.1. The van der Waals surface area contributed by atoms with Gasteiger partial charge in [-0.15, -0.1) is 0 Å². The predicted molar refractivity (Wildman–Crippen MR) is 87.8 cm³/mol. The van der Waals surface area contributed by atoms with Crippen LogP contribution < -0.4 is 5.32 Å². The van der Waals surface area contributed by atoms with E-state index in [0.717, 1.165) is 23.6 Å². The molecule has 0 fully saturated rings. The van der Waals surface area contributed by atoms with Gasteiger partial charge in [0.1, 0.15) is 0 Å². The van der Waals surface area contributed by atoms with Gasteiger partial charge in [-0.3, -0.25) is 0 Å². The molecule has 20 heavy (non-hydrogen) atoms. The number of hydrogen-bond acceptors (Lipinski definition) is 1. The Hall–Kier alpha value is -1.02. The molecule has 0 bridgehead atoms. The van der Waals surface area contributed by atoms with Crippen LogP contribution in [0.5, 0.6) is 0 Å². The largest absolute Gasteiger partial charge is 0.310 e. The fourth-order valence-electron chi connectivity index (χ4n) is 2.21. The van der Waals surface area contributed by atoms with Crippen molar-refractivity contribution in [1.82, 2.24) is 5.32 Å². The van der Waals surface area contributed by atoms with Crippen molar-refractivity contribution in [3.8, 4) is 0 Å². The molecule has 3 heteroatoms. The molecular formula is C17H19Cl2N. The third-order valence-electron chi connectivity index (χ3n) is 3.40. The van der Waals surface area contributed by atoms with Crippen LogP contribution in [0.15, 0.2) is 42.5 Å². The Morgan fingerprint density at radius 2 is 1.90 bits per heavy atom. The summed E-state index contributed by atoms with van der Waals surface area (Å²) in [5.74, 6) is 0. The Balaban J connectivity index is 1.89. The molecule has 2 rings (SSSR count). The summed E-state index contributed by atoms with van der Waals surface area (Å²) in [6.45, 7) is 5.18. The van der Waals surface area contributed by atoms with Gasteiger partial charge in [0.25, 0.3) is 0 Å². The molecule has 0 spiro atoms. The highest BCUT2D eigenvalue weighted by Crippen LogP contribution is 2.21. The first kappa shape index (κ1) is 15.4. The quantitative estimate of drug-likeness (QED) is 0.801. The summed E-state index contributed by atoms with van der Waals surface area (Å²) in [4.78, 5) is 0. The lowest BCUT2D eigenvalue weighted by molar-refractivity contribution is 0.576. The molecule has 1 nitrogen and oxygen atoms in total. The van der Waals surface area contributed by atoms with Crippen LogP contribution >= 0.6 is 23.2 Å². The molecule has 0 amide bonds. The first-order valence-corrected chi connectivity index (χ1v) is 7.56. The highest BCUT2D eigenvalue weighted by molar-refractivity contribution is 6.35. The van der Waals surface area contributed by atoms with E-state index in [9.17, 15) is 0 Å². The van der Waals surface area contributed by atoms with Crippen molar-refractivity contribution in [2.45, 2.75) is 26.3 Å². The maximum atomic E-state index is 6.17. The van der Waals surface area contributed by atoms with Crippen LogP contribution in [0.2, 0.25) is 10.0 Å². The van der Waals surface area contributed by atoms with E-state index in [1.807, 2.05) is 12.1 Å². The molecule has 0 saturated heterocycles. The molecule has 0 aliphatic carbocycles. The van der Waals surface area contributed by atoms with Gasteiger partial charge >= 0.3 is 0 Å². The number of hydrogen-bond donors (Lipinski definition) is 1. The van der Waals surface area contributed by atoms with Gasteiger partial charge in [-0.2, -0.15) is 0 Å². The number of benzene rings is 2. The maximum absolute atomic E-state index is 6.17. The van der Waals surface area contributed by atoms with Crippen LogP contribution in [-0.4, -0.2) is 6.54 Å². The second-order valence-corrected chi connectivity index (χ2v) is 5.92. The van der Waals surface area contributed by atoms with Crippen molar-refractivity contribution < 1.29 is 0 Å². The molecule has 1 unspecified atom stereocenters. The summed E-state index contributed by atoms with van der Waals surface area (Å²) >= 11 is 12.1. The normalized spacial score (nSPS) is 12.4. The Bertz CT molecular complexity index is 581. The van der Waals surface area contributed by atoms with Gasteiger partial charge in [-0.05, 0) is 50.1 Å². The highest BCUT2D eigenvalue weighted by atomic mass is 35.5. The summed E-state index contributed by atoms with van der Waals surface area (Å²) in [5.41, 5.74) is 3.73. The molecular weight excluding hydrogens is 289 g/mol. The van der Waals surface area contributed by atoms with Crippen LogP contribution in [-0.2, 0) is 6.42 Å². The van der Waals surface area contributed by atoms with Gasteiger partial charge in [-0.25, -0.2) is 0 Å². The van der Waals surface area contributed by atoms with Gasteiger partial charge in [0, 0.05) is 16.1 Å². The van der Waals surface area contributed by atoms with Crippen LogP contribution in [0.3, 0.4) is 0 Å². The monoisotopic (exact) mass is 307 g/mol. The lowest BCUT2D eigenvalue weighted by Crippen LogP contribution is -2.21. The lowest BCUT2D eigenvalue weighted by Gasteiger charge is -2.15. The van der Waals surface area contributed by atoms with Gasteiger partial charge in [-0.1, -0.05) is 59.1 Å². The average Bonchev–Trinajstić information content (AvgIpc) is 2.41. The molecule has 106 valence electrons. The highest BCUT2D eigenvalue weighted by Gasteiger charge is 2.06. The molecule has 0 radical (unpaired) electrons. The molecule has 0 saturated carbocycles. The fraction of sp³-hybridized carbons (Fsp3) is 0.294. The van der Waals surface area contributed by atoms with Gasteiger partial charge in [0.2, 0.25) is 0 Å². The van der Waals surface area contributed by atoms with E-state index in [1.54, 1.807) is 6.07 Å². The molecule has 0 aliphatic rings. The third-order valence-corrected chi connectivity index (χ3v) is 3.99. The zero-order valence-corrected chi connectivity index (χ0v) is 13.3. The van der Waals surface area contributed by atoms with Crippen molar-refractivity contribution in [2.75, 3.05) is 6.54 Å². The van der Waals surface area contributed by atoms with E-state index in [2.05, 4.69) is 43.4 Å². The SMILES string of the molecule is Cc1cccc(C(C)NCCc2ccc(Cl)cc2Cl)c1. The van der Waals surface area contributed by atoms with E-state index >= 15 is 0 Å². The minimum atomic E-state index is 0.334. The van der Waals surface area contributed by atoms with Crippen molar-refractivity contribution in [1.29, 1.82) is 0 Å². The van der Waals surface area contributed by atoms with Crippen LogP contribution in [0.1, 0.15) is 29.7 Å². The fourth-order valence-corrected chi connectivity index (χ4v) is 2.71. The van der Waals surface area contributed by atoms with Crippen LogP contribution in [0, 0.1) is 6.92 Å². The zero-order valence-electron chi connectivity index (χ0n) is 11.8. The maximum Gasteiger partial charge on any atom is 0.0453 e. The molecule has 2 aromatic carbocycles. The van der Waals surface area contributed by atoms with E-state index in [1.165, 1.54) is 11.1 Å². The van der Waals surface area contributed by atoms with E-state index < -0.39 is 0 Å². The first-order valence-electron chi connectivity index (χ1n) is 6.80. The Morgan fingerprint density at radius 1 is 1.10 bits per heavy atom. The Kier molecular flexibility index (Phi) is 5.47. The molecule has 0 aliphatic heterocycles. The number of nitrogens with one attached hydrogen (secondary N) is 1. The summed E-state index contributed by atoms with van der Waals surface area (Å²) in [6.07, 6.45) is 0.895. The van der Waals surface area contributed by atoms with Crippen molar-refractivity contribution in [2.24, 2.45) is 0 Å². The molecule has 2 aromatic rings. The van der Waals surface area contributed by atoms with E-state index in [0.29, 0.717) is 11.1 Å². The van der Waals surface area contributed by atoms with Crippen molar-refractivity contribution in [3.63, 3.8) is 0 Å². The minimum absolute atomic E-state index is 0.334. The summed E-state index contributed by atoms with van der Waals surface area (Å²) < 4.78 is 0. The van der Waals surface area contributed by atoms with Crippen LogP contribution in [0.4, 0.5) is 0 Å². The Labute approximate surface area is 130 Å². The number of halogens is 2. The topological polar surface area (TPSA) is 12.0 Å². The average molecular weight is 308 g/mol. The van der Waals surface area contributed by atoms with E-state index in [-0.39, 0.29) is 0 Å². The third kappa shape index (κ3) is 4.24.